The van der Waals surface area contributed by atoms with Gasteiger partial charge in [-0.05, 0) is 72.3 Å². The summed E-state index contributed by atoms with van der Waals surface area (Å²) in [5, 5.41) is 12.6. The Labute approximate surface area is 151 Å². The maximum Gasteiger partial charge on any atom is 0.350 e. The van der Waals surface area contributed by atoms with Crippen LogP contribution >= 0.6 is 0 Å². The Morgan fingerprint density at radius 1 is 0.800 bits per heavy atom. The van der Waals surface area contributed by atoms with Crippen molar-refractivity contribution in [2.75, 3.05) is 0 Å². The second kappa shape index (κ2) is 9.50. The fraction of sp³-hybridized carbons (Fsp3) is 0.889. The van der Waals surface area contributed by atoms with E-state index in [4.69, 9.17) is 10.1 Å². The van der Waals surface area contributed by atoms with Gasteiger partial charge in [-0.2, -0.15) is 10.1 Å². The van der Waals surface area contributed by atoms with E-state index in [0.717, 1.165) is 0 Å². The van der Waals surface area contributed by atoms with Gasteiger partial charge in [-0.15, -0.1) is 0 Å². The molecule has 0 spiro atoms. The van der Waals surface area contributed by atoms with Gasteiger partial charge < -0.3 is 4.89 Å². The first kappa shape index (κ1) is 26.1. The van der Waals surface area contributed by atoms with Gasteiger partial charge in [-0.25, -0.2) is 9.59 Å². The van der Waals surface area contributed by atoms with Gasteiger partial charge in [-0.3, -0.25) is 4.89 Å². The molecule has 0 radical (unpaired) electrons. The number of carbonyl (C=O) groups is 2. The highest BCUT2D eigenvalue weighted by Gasteiger charge is 2.34. The van der Waals surface area contributed by atoms with Gasteiger partial charge in [0, 0.05) is 0 Å². The molecule has 0 aromatic heterocycles. The smallest absolute Gasteiger partial charge is 0.300 e. The van der Waals surface area contributed by atoms with Crippen LogP contribution in [0.1, 0.15) is 82.6 Å². The van der Waals surface area contributed by atoms with E-state index < -0.39 is 28.4 Å². The number of hydrogen-bond acceptors (Lipinski definition) is 7. The van der Waals surface area contributed by atoms with Gasteiger partial charge >= 0.3 is 11.9 Å². The van der Waals surface area contributed by atoms with Gasteiger partial charge in [0.2, 0.25) is 0 Å². The van der Waals surface area contributed by atoms with Crippen LogP contribution in [0.25, 0.3) is 0 Å². The highest BCUT2D eigenvalue weighted by atomic mass is 17.5. The molecule has 0 unspecified atom stereocenters. The highest BCUT2D eigenvalue weighted by Crippen LogP contribution is 2.33. The highest BCUT2D eigenvalue weighted by molar-refractivity contribution is 5.75. The van der Waals surface area contributed by atoms with Crippen molar-refractivity contribution >= 4 is 11.9 Å². The molecule has 0 aromatic rings. The van der Waals surface area contributed by atoms with E-state index in [1.807, 2.05) is 20.8 Å². The molecule has 0 saturated carbocycles. The van der Waals surface area contributed by atoms with Crippen LogP contribution in [0, 0.1) is 16.2 Å². The van der Waals surface area contributed by atoms with Crippen LogP contribution in [0.3, 0.4) is 0 Å². The normalized spacial score (nSPS) is 12.8. The zero-order valence-electron chi connectivity index (χ0n) is 17.6. The molecule has 0 rings (SSSR count). The van der Waals surface area contributed by atoms with Crippen LogP contribution in [-0.2, 0) is 29.3 Å². The molecule has 0 aliphatic heterocycles. The second-order valence-corrected chi connectivity index (χ2v) is 9.88. The van der Waals surface area contributed by atoms with Crippen molar-refractivity contribution in [2.24, 2.45) is 16.2 Å². The quantitative estimate of drug-likeness (QED) is 0.571. The van der Waals surface area contributed by atoms with E-state index in [0.29, 0.717) is 6.42 Å². The lowest BCUT2D eigenvalue weighted by atomic mass is 9.76. The van der Waals surface area contributed by atoms with E-state index in [1.165, 1.54) is 0 Å². The summed E-state index contributed by atoms with van der Waals surface area (Å²) in [7, 11) is 0. The molecule has 0 atom stereocenters. The summed E-state index contributed by atoms with van der Waals surface area (Å²) in [4.78, 5) is 35.1. The van der Waals surface area contributed by atoms with E-state index >= 15 is 0 Å². The topological polar surface area (TPSA) is 91.3 Å². The monoisotopic (exact) mass is 364 g/mol. The molecule has 1 N–H and O–H groups in total. The first-order valence-corrected chi connectivity index (χ1v) is 8.24. The van der Waals surface area contributed by atoms with Crippen molar-refractivity contribution in [2.45, 2.75) is 88.2 Å². The Morgan fingerprint density at radius 3 is 1.52 bits per heavy atom. The third-order valence-corrected chi connectivity index (χ3v) is 2.61. The lowest BCUT2D eigenvalue weighted by molar-refractivity contribution is -0.516. The van der Waals surface area contributed by atoms with E-state index in [1.54, 1.807) is 55.4 Å². The molecule has 25 heavy (non-hydrogen) atoms. The Morgan fingerprint density at radius 2 is 1.24 bits per heavy atom. The third-order valence-electron chi connectivity index (χ3n) is 2.61. The first-order valence-electron chi connectivity index (χ1n) is 8.24. The molecule has 0 aromatic carbocycles. The average Bonchev–Trinajstić information content (AvgIpc) is 2.32. The van der Waals surface area contributed by atoms with E-state index in [9.17, 15) is 9.59 Å². The fourth-order valence-electron chi connectivity index (χ4n) is 1.80. The van der Waals surface area contributed by atoms with Crippen LogP contribution in [0.2, 0.25) is 0 Å². The first-order chi connectivity index (χ1) is 10.8. The van der Waals surface area contributed by atoms with Crippen LogP contribution < -0.4 is 0 Å². The summed E-state index contributed by atoms with van der Waals surface area (Å²) in [6.45, 7) is 20.2. The van der Waals surface area contributed by atoms with Gasteiger partial charge in [0.15, 0.2) is 0 Å². The van der Waals surface area contributed by atoms with Crippen molar-refractivity contribution in [1.82, 2.24) is 0 Å². The molecule has 0 heterocycles. The predicted octanol–water partition coefficient (Wildman–Crippen LogP) is 4.70. The second-order valence-electron chi connectivity index (χ2n) is 9.88. The summed E-state index contributed by atoms with van der Waals surface area (Å²) in [5.41, 5.74) is -1.63. The molecular formula is C18H36O7. The molecule has 0 aliphatic rings. The van der Waals surface area contributed by atoms with Gasteiger partial charge in [-0.1, -0.05) is 20.8 Å². The van der Waals surface area contributed by atoms with Gasteiger partial charge in [0.1, 0.15) is 0 Å². The van der Waals surface area contributed by atoms with Gasteiger partial charge in [0.25, 0.3) is 0 Å². The maximum absolute atomic E-state index is 11.1. The lowest BCUT2D eigenvalue weighted by Gasteiger charge is -2.28. The Kier molecular flexibility index (Phi) is 9.90. The summed E-state index contributed by atoms with van der Waals surface area (Å²) < 4.78 is 0. The largest absolute Gasteiger partial charge is 0.350 e. The molecule has 0 bridgehead atoms. The molecule has 0 fully saturated rings. The minimum atomic E-state index is -0.618. The number of hydrogen-bond donors (Lipinski definition) is 1. The molecule has 7 nitrogen and oxygen atoms in total. The molecule has 150 valence electrons. The molecule has 0 amide bonds. The van der Waals surface area contributed by atoms with Crippen LogP contribution in [-0.4, -0.2) is 22.8 Å². The van der Waals surface area contributed by atoms with Crippen molar-refractivity contribution in [3.63, 3.8) is 0 Å². The Hall–Kier alpha value is -1.18. The maximum atomic E-state index is 11.1. The number of rotatable bonds is 4. The molecule has 7 heteroatoms. The average molecular weight is 364 g/mol. The summed E-state index contributed by atoms with van der Waals surface area (Å²) in [5.74, 6) is -1.03. The molecule has 0 aliphatic carbocycles. The van der Waals surface area contributed by atoms with Crippen molar-refractivity contribution in [3.8, 4) is 0 Å². The molecular weight excluding hydrogens is 328 g/mol. The predicted molar refractivity (Wildman–Crippen MR) is 94.0 cm³/mol. The zero-order valence-corrected chi connectivity index (χ0v) is 17.6. The van der Waals surface area contributed by atoms with Crippen molar-refractivity contribution < 1.29 is 34.5 Å². The van der Waals surface area contributed by atoms with Crippen LogP contribution in [0.15, 0.2) is 0 Å². The SMILES string of the molecule is CC(C)(C)CC(C)(C)C(=O)OO.CC(C)(C)OOOC(=O)C(C)(C)C. The Bertz CT molecular complexity index is 420. The minimum absolute atomic E-state index is 0.0533. The van der Waals surface area contributed by atoms with Crippen molar-refractivity contribution in [1.29, 1.82) is 0 Å². The van der Waals surface area contributed by atoms with Crippen molar-refractivity contribution in [3.05, 3.63) is 0 Å². The third kappa shape index (κ3) is 14.8. The van der Waals surface area contributed by atoms with E-state index in [-0.39, 0.29) is 5.41 Å². The van der Waals surface area contributed by atoms with E-state index in [2.05, 4.69) is 14.8 Å². The summed E-state index contributed by atoms with van der Waals surface area (Å²) in [6, 6.07) is 0. The lowest BCUT2D eigenvalue weighted by Crippen LogP contribution is -2.30. The number of carbonyl (C=O) groups excluding carboxylic acids is 2. The standard InChI is InChI=1S/C9H18O4.C9H18O3/c1-8(2,3)7(10)11-13-12-9(4,5)6;1-8(2,3)6-9(4,5)7(10)12-11/h1-6H3;11H,6H2,1-5H3. The fourth-order valence-corrected chi connectivity index (χ4v) is 1.80. The summed E-state index contributed by atoms with van der Waals surface area (Å²) >= 11 is 0. The summed E-state index contributed by atoms with van der Waals surface area (Å²) in [6.07, 6.45) is 0.680. The van der Waals surface area contributed by atoms with Gasteiger partial charge in [0.05, 0.1) is 16.4 Å². The molecule has 0 saturated heterocycles. The zero-order chi connectivity index (χ0) is 20.7. The Balaban J connectivity index is 0. The van der Waals surface area contributed by atoms with Crippen LogP contribution in [0.4, 0.5) is 0 Å². The van der Waals surface area contributed by atoms with Crippen LogP contribution in [0.5, 0.6) is 0 Å². The minimum Gasteiger partial charge on any atom is -0.300 e.